The molecule has 1 aromatic carbocycles. The molecule has 1 amide bonds. The SMILES string of the molecule is CCn1c(=S)[nH]c2cc(C(=O)NC3CCCN(C4CCCCC4)C3)ccc2c1=O. The first-order valence-corrected chi connectivity index (χ1v) is 11.3. The van der Waals surface area contributed by atoms with E-state index in [1.54, 1.807) is 18.2 Å². The standard InChI is InChI=1S/C22H30N4O2S/c1-2-26-21(28)18-11-10-15(13-19(18)24-22(26)29)20(27)23-16-7-6-12-25(14-16)17-8-4-3-5-9-17/h10-11,13,16-17H,2-9,12,14H2,1H3,(H,23,27)(H,24,29). The number of hydrogen-bond donors (Lipinski definition) is 2. The van der Waals surface area contributed by atoms with Crippen molar-refractivity contribution in [3.63, 3.8) is 0 Å². The molecule has 2 fully saturated rings. The van der Waals surface area contributed by atoms with E-state index in [0.717, 1.165) is 25.9 Å². The summed E-state index contributed by atoms with van der Waals surface area (Å²) in [4.78, 5) is 31.1. The van der Waals surface area contributed by atoms with Gasteiger partial charge in [-0.1, -0.05) is 19.3 Å². The molecule has 1 aromatic heterocycles. The lowest BCUT2D eigenvalue weighted by Crippen LogP contribution is -2.51. The van der Waals surface area contributed by atoms with Crippen LogP contribution >= 0.6 is 12.2 Å². The zero-order valence-corrected chi connectivity index (χ0v) is 17.9. The lowest BCUT2D eigenvalue weighted by molar-refractivity contribution is 0.0836. The van der Waals surface area contributed by atoms with Crippen molar-refractivity contribution in [3.8, 4) is 0 Å². The molecular weight excluding hydrogens is 384 g/mol. The van der Waals surface area contributed by atoms with Crippen molar-refractivity contribution >= 4 is 29.0 Å². The maximum atomic E-state index is 12.9. The molecule has 1 aliphatic heterocycles. The maximum Gasteiger partial charge on any atom is 0.262 e. The van der Waals surface area contributed by atoms with Gasteiger partial charge in [-0.25, -0.2) is 0 Å². The van der Waals surface area contributed by atoms with E-state index in [2.05, 4.69) is 15.2 Å². The minimum Gasteiger partial charge on any atom is -0.348 e. The van der Waals surface area contributed by atoms with Crippen LogP contribution in [0.1, 0.15) is 62.2 Å². The molecule has 4 rings (SSSR count). The summed E-state index contributed by atoms with van der Waals surface area (Å²) in [5, 5.41) is 3.77. The number of H-pyrrole nitrogens is 1. The number of nitrogens with zero attached hydrogens (tertiary/aromatic N) is 2. The first-order valence-electron chi connectivity index (χ1n) is 10.9. The van der Waals surface area contributed by atoms with Crippen LogP contribution in [0.25, 0.3) is 10.9 Å². The first kappa shape index (κ1) is 20.3. The summed E-state index contributed by atoms with van der Waals surface area (Å²) < 4.78 is 1.91. The number of aromatic amines is 1. The average molecular weight is 415 g/mol. The summed E-state index contributed by atoms with van der Waals surface area (Å²) in [7, 11) is 0. The third-order valence-electron chi connectivity index (χ3n) is 6.44. The third kappa shape index (κ3) is 4.31. The quantitative estimate of drug-likeness (QED) is 0.750. The van der Waals surface area contributed by atoms with Crippen molar-refractivity contribution in [3.05, 3.63) is 38.9 Å². The maximum absolute atomic E-state index is 12.9. The van der Waals surface area contributed by atoms with E-state index in [9.17, 15) is 9.59 Å². The highest BCUT2D eigenvalue weighted by Crippen LogP contribution is 2.25. The van der Waals surface area contributed by atoms with Crippen LogP contribution < -0.4 is 10.9 Å². The molecule has 0 spiro atoms. The minimum absolute atomic E-state index is 0.0821. The van der Waals surface area contributed by atoms with E-state index >= 15 is 0 Å². The van der Waals surface area contributed by atoms with Crippen LogP contribution in [0.15, 0.2) is 23.0 Å². The molecule has 1 aliphatic carbocycles. The molecule has 1 unspecified atom stereocenters. The fraction of sp³-hybridized carbons (Fsp3) is 0.591. The second-order valence-electron chi connectivity index (χ2n) is 8.34. The highest BCUT2D eigenvalue weighted by Gasteiger charge is 2.27. The highest BCUT2D eigenvalue weighted by molar-refractivity contribution is 7.71. The van der Waals surface area contributed by atoms with E-state index in [1.165, 1.54) is 36.7 Å². The number of fused-ring (bicyclic) bond motifs is 1. The van der Waals surface area contributed by atoms with Gasteiger partial charge in [0.1, 0.15) is 0 Å². The molecule has 1 atom stereocenters. The summed E-state index contributed by atoms with van der Waals surface area (Å²) >= 11 is 5.28. The van der Waals surface area contributed by atoms with Crippen LogP contribution in [0.3, 0.4) is 0 Å². The number of amides is 1. The lowest BCUT2D eigenvalue weighted by Gasteiger charge is -2.40. The number of carbonyl (C=O) groups excluding carboxylic acids is 1. The summed E-state index contributed by atoms with van der Waals surface area (Å²) in [6.45, 7) is 4.49. The lowest BCUT2D eigenvalue weighted by atomic mass is 9.92. The van der Waals surface area contributed by atoms with Gasteiger partial charge in [-0.2, -0.15) is 0 Å². The van der Waals surface area contributed by atoms with Gasteiger partial charge in [-0.05, 0) is 69.6 Å². The Hall–Kier alpha value is -1.99. The number of hydrogen-bond acceptors (Lipinski definition) is 4. The number of carbonyl (C=O) groups is 1. The molecule has 2 N–H and O–H groups in total. The molecular formula is C22H30N4O2S. The normalized spacial score (nSPS) is 21.3. The van der Waals surface area contributed by atoms with Gasteiger partial charge in [0.25, 0.3) is 11.5 Å². The van der Waals surface area contributed by atoms with Crippen LogP contribution in [-0.4, -0.2) is 45.5 Å². The molecule has 1 saturated heterocycles. The average Bonchev–Trinajstić information content (AvgIpc) is 2.74. The van der Waals surface area contributed by atoms with Gasteiger partial charge in [0.15, 0.2) is 4.77 Å². The molecule has 0 radical (unpaired) electrons. The Morgan fingerprint density at radius 1 is 1.21 bits per heavy atom. The Morgan fingerprint density at radius 3 is 2.76 bits per heavy atom. The molecule has 156 valence electrons. The van der Waals surface area contributed by atoms with Gasteiger partial charge in [0.2, 0.25) is 0 Å². The molecule has 2 aromatic rings. The van der Waals surface area contributed by atoms with Crippen molar-refractivity contribution in [2.24, 2.45) is 0 Å². The van der Waals surface area contributed by atoms with E-state index in [1.807, 2.05) is 6.92 Å². The van der Waals surface area contributed by atoms with Crippen molar-refractivity contribution in [2.45, 2.75) is 70.5 Å². The Kier molecular flexibility index (Phi) is 6.15. The van der Waals surface area contributed by atoms with E-state index in [-0.39, 0.29) is 17.5 Å². The van der Waals surface area contributed by atoms with Gasteiger partial charge in [-0.3, -0.25) is 19.1 Å². The zero-order chi connectivity index (χ0) is 20.4. The van der Waals surface area contributed by atoms with Crippen molar-refractivity contribution < 1.29 is 4.79 Å². The van der Waals surface area contributed by atoms with Gasteiger partial charge in [-0.15, -0.1) is 0 Å². The summed E-state index contributed by atoms with van der Waals surface area (Å²) in [5.74, 6) is -0.0821. The second kappa shape index (κ2) is 8.79. The molecule has 7 heteroatoms. The number of likely N-dealkylation sites (tertiary alicyclic amines) is 1. The highest BCUT2D eigenvalue weighted by atomic mass is 32.1. The smallest absolute Gasteiger partial charge is 0.262 e. The van der Waals surface area contributed by atoms with Gasteiger partial charge in [0, 0.05) is 30.7 Å². The topological polar surface area (TPSA) is 70.1 Å². The number of piperidine rings is 1. The second-order valence-corrected chi connectivity index (χ2v) is 8.73. The van der Waals surface area contributed by atoms with Crippen LogP contribution in [0.2, 0.25) is 0 Å². The predicted molar refractivity (Wildman–Crippen MR) is 118 cm³/mol. The Balaban J connectivity index is 1.48. The van der Waals surface area contributed by atoms with Gasteiger partial charge >= 0.3 is 0 Å². The Morgan fingerprint density at radius 2 is 2.00 bits per heavy atom. The monoisotopic (exact) mass is 414 g/mol. The molecule has 0 bridgehead atoms. The van der Waals surface area contributed by atoms with Gasteiger partial charge < -0.3 is 10.3 Å². The summed E-state index contributed by atoms with van der Waals surface area (Å²) in [6, 6.07) is 6.06. The first-order chi connectivity index (χ1) is 14.1. The zero-order valence-electron chi connectivity index (χ0n) is 17.1. The fourth-order valence-electron chi connectivity index (χ4n) is 4.85. The Bertz CT molecular complexity index is 1010. The third-order valence-corrected chi connectivity index (χ3v) is 6.76. The predicted octanol–water partition coefficient (Wildman–Crippen LogP) is 3.61. The number of benzene rings is 1. The number of rotatable bonds is 4. The molecule has 29 heavy (non-hydrogen) atoms. The van der Waals surface area contributed by atoms with Crippen LogP contribution in [-0.2, 0) is 6.54 Å². The largest absolute Gasteiger partial charge is 0.348 e. The van der Waals surface area contributed by atoms with Crippen LogP contribution in [0.4, 0.5) is 0 Å². The molecule has 2 aliphatic rings. The number of nitrogens with one attached hydrogen (secondary N) is 2. The molecule has 1 saturated carbocycles. The van der Waals surface area contributed by atoms with Crippen molar-refractivity contribution in [1.82, 2.24) is 19.8 Å². The summed E-state index contributed by atoms with van der Waals surface area (Å²) in [6.07, 6.45) is 8.75. The van der Waals surface area contributed by atoms with Crippen molar-refractivity contribution in [2.75, 3.05) is 13.1 Å². The van der Waals surface area contributed by atoms with Crippen molar-refractivity contribution in [1.29, 1.82) is 0 Å². The van der Waals surface area contributed by atoms with E-state index < -0.39 is 0 Å². The fourth-order valence-corrected chi connectivity index (χ4v) is 5.18. The van der Waals surface area contributed by atoms with E-state index in [0.29, 0.717) is 33.8 Å². The summed E-state index contributed by atoms with van der Waals surface area (Å²) in [5.41, 5.74) is 1.06. The molecule has 2 heterocycles. The minimum atomic E-state index is -0.117. The van der Waals surface area contributed by atoms with E-state index in [4.69, 9.17) is 12.2 Å². The van der Waals surface area contributed by atoms with Crippen LogP contribution in [0, 0.1) is 4.77 Å². The molecule has 6 nitrogen and oxygen atoms in total. The van der Waals surface area contributed by atoms with Gasteiger partial charge in [0.05, 0.1) is 10.9 Å². The number of aromatic nitrogens is 2. The Labute approximate surface area is 176 Å². The van der Waals surface area contributed by atoms with Crippen LogP contribution in [0.5, 0.6) is 0 Å².